The first-order valence-electron chi connectivity index (χ1n) is 9.43. The largest absolute Gasteiger partial charge is 0.355 e. The van der Waals surface area contributed by atoms with Gasteiger partial charge >= 0.3 is 0 Å². The van der Waals surface area contributed by atoms with Gasteiger partial charge in [0.2, 0.25) is 5.91 Å². The third kappa shape index (κ3) is 7.02. The maximum absolute atomic E-state index is 12.1. The van der Waals surface area contributed by atoms with Gasteiger partial charge in [0, 0.05) is 26.2 Å². The van der Waals surface area contributed by atoms with Crippen LogP contribution in [0.3, 0.4) is 0 Å². The SMILES string of the molecule is CCCCc1ccc(CC(=O)NCCN2CCCN(C)CC2)cc1. The molecule has 0 radical (unpaired) electrons. The maximum atomic E-state index is 12.1. The summed E-state index contributed by atoms with van der Waals surface area (Å²) >= 11 is 0. The summed E-state index contributed by atoms with van der Waals surface area (Å²) in [5, 5.41) is 3.06. The number of hydrogen-bond donors (Lipinski definition) is 1. The molecular formula is C20H33N3O. The smallest absolute Gasteiger partial charge is 0.224 e. The van der Waals surface area contributed by atoms with E-state index in [0.717, 1.165) is 44.7 Å². The van der Waals surface area contributed by atoms with Crippen LogP contribution in [0, 0.1) is 0 Å². The van der Waals surface area contributed by atoms with Gasteiger partial charge < -0.3 is 15.1 Å². The molecule has 1 aromatic rings. The van der Waals surface area contributed by atoms with Crippen LogP contribution < -0.4 is 5.32 Å². The number of hydrogen-bond acceptors (Lipinski definition) is 3. The molecule has 1 heterocycles. The van der Waals surface area contributed by atoms with E-state index in [0.29, 0.717) is 6.42 Å². The van der Waals surface area contributed by atoms with Crippen molar-refractivity contribution in [1.29, 1.82) is 0 Å². The number of likely N-dealkylation sites (N-methyl/N-ethyl adjacent to an activating group) is 1. The van der Waals surface area contributed by atoms with Crippen molar-refractivity contribution in [3.05, 3.63) is 35.4 Å². The molecule has 0 aromatic heterocycles. The van der Waals surface area contributed by atoms with Gasteiger partial charge in [-0.05, 0) is 50.5 Å². The van der Waals surface area contributed by atoms with Crippen LogP contribution in [0.1, 0.15) is 37.3 Å². The number of benzene rings is 1. The van der Waals surface area contributed by atoms with E-state index < -0.39 is 0 Å². The maximum Gasteiger partial charge on any atom is 0.224 e. The van der Waals surface area contributed by atoms with E-state index in [9.17, 15) is 4.79 Å². The van der Waals surface area contributed by atoms with Gasteiger partial charge in [0.15, 0.2) is 0 Å². The molecule has 0 atom stereocenters. The number of carbonyl (C=O) groups excluding carboxylic acids is 1. The fourth-order valence-electron chi connectivity index (χ4n) is 3.13. The Morgan fingerprint density at radius 3 is 2.58 bits per heavy atom. The third-order valence-corrected chi connectivity index (χ3v) is 4.77. The molecule has 1 aliphatic rings. The molecule has 0 bridgehead atoms. The summed E-state index contributed by atoms with van der Waals surface area (Å²) in [4.78, 5) is 16.9. The molecule has 0 aliphatic carbocycles. The summed E-state index contributed by atoms with van der Waals surface area (Å²) in [6, 6.07) is 8.50. The minimum Gasteiger partial charge on any atom is -0.355 e. The van der Waals surface area contributed by atoms with Crippen molar-refractivity contribution in [3.63, 3.8) is 0 Å². The number of rotatable bonds is 8. The standard InChI is InChI=1S/C20H33N3O/c1-3-4-6-18-7-9-19(10-8-18)17-20(24)21-11-14-23-13-5-12-22(2)15-16-23/h7-10H,3-6,11-17H2,1-2H3,(H,21,24). The van der Waals surface area contributed by atoms with Crippen LogP contribution >= 0.6 is 0 Å². The van der Waals surface area contributed by atoms with Gasteiger partial charge in [-0.25, -0.2) is 0 Å². The number of amides is 1. The van der Waals surface area contributed by atoms with Crippen LogP contribution in [0.15, 0.2) is 24.3 Å². The fourth-order valence-corrected chi connectivity index (χ4v) is 3.13. The van der Waals surface area contributed by atoms with E-state index in [1.807, 2.05) is 0 Å². The Labute approximate surface area is 147 Å². The molecule has 1 N–H and O–H groups in total. The molecule has 24 heavy (non-hydrogen) atoms. The third-order valence-electron chi connectivity index (χ3n) is 4.77. The Kier molecular flexibility index (Phi) is 8.26. The molecule has 4 heteroatoms. The van der Waals surface area contributed by atoms with Crippen LogP contribution in [-0.4, -0.2) is 62.0 Å². The van der Waals surface area contributed by atoms with Crippen LogP contribution in [-0.2, 0) is 17.6 Å². The number of nitrogens with one attached hydrogen (secondary N) is 1. The highest BCUT2D eigenvalue weighted by atomic mass is 16.1. The van der Waals surface area contributed by atoms with Gasteiger partial charge in [-0.2, -0.15) is 0 Å². The summed E-state index contributed by atoms with van der Waals surface area (Å²) in [5.74, 6) is 0.128. The summed E-state index contributed by atoms with van der Waals surface area (Å²) in [7, 11) is 2.18. The average Bonchev–Trinajstić information content (AvgIpc) is 2.79. The highest BCUT2D eigenvalue weighted by molar-refractivity contribution is 5.78. The summed E-state index contributed by atoms with van der Waals surface area (Å²) in [6.45, 7) is 8.45. The lowest BCUT2D eigenvalue weighted by Crippen LogP contribution is -2.37. The van der Waals surface area contributed by atoms with Crippen molar-refractivity contribution in [2.45, 2.75) is 39.0 Å². The first-order chi connectivity index (χ1) is 11.7. The molecule has 1 saturated heterocycles. The van der Waals surface area contributed by atoms with Gasteiger partial charge in [-0.1, -0.05) is 37.6 Å². The number of carbonyl (C=O) groups is 1. The molecule has 1 aromatic carbocycles. The lowest BCUT2D eigenvalue weighted by molar-refractivity contribution is -0.120. The van der Waals surface area contributed by atoms with E-state index in [-0.39, 0.29) is 5.91 Å². The van der Waals surface area contributed by atoms with Crippen LogP contribution in [0.5, 0.6) is 0 Å². The van der Waals surface area contributed by atoms with E-state index in [1.54, 1.807) is 0 Å². The monoisotopic (exact) mass is 331 g/mol. The predicted molar refractivity (Wildman–Crippen MR) is 100 cm³/mol. The zero-order valence-electron chi connectivity index (χ0n) is 15.4. The molecular weight excluding hydrogens is 298 g/mol. The van der Waals surface area contributed by atoms with Crippen molar-refractivity contribution < 1.29 is 4.79 Å². The molecule has 1 amide bonds. The second-order valence-electron chi connectivity index (χ2n) is 6.95. The van der Waals surface area contributed by atoms with Crippen LogP contribution in [0.2, 0.25) is 0 Å². The van der Waals surface area contributed by atoms with Crippen molar-refractivity contribution >= 4 is 5.91 Å². The quantitative estimate of drug-likeness (QED) is 0.794. The van der Waals surface area contributed by atoms with E-state index in [2.05, 4.69) is 53.4 Å². The van der Waals surface area contributed by atoms with Crippen molar-refractivity contribution in [2.24, 2.45) is 0 Å². The van der Waals surface area contributed by atoms with Crippen molar-refractivity contribution in [1.82, 2.24) is 15.1 Å². The van der Waals surface area contributed by atoms with Gasteiger partial charge in [0.05, 0.1) is 6.42 Å². The lowest BCUT2D eigenvalue weighted by atomic mass is 10.0. The van der Waals surface area contributed by atoms with Gasteiger partial charge in [-0.15, -0.1) is 0 Å². The molecule has 1 aliphatic heterocycles. The normalized spacial score (nSPS) is 16.8. The van der Waals surface area contributed by atoms with Gasteiger partial charge in [0.1, 0.15) is 0 Å². The highest BCUT2D eigenvalue weighted by Gasteiger charge is 2.12. The van der Waals surface area contributed by atoms with E-state index >= 15 is 0 Å². The predicted octanol–water partition coefficient (Wildman–Crippen LogP) is 2.33. The highest BCUT2D eigenvalue weighted by Crippen LogP contribution is 2.08. The Morgan fingerprint density at radius 1 is 1.08 bits per heavy atom. The van der Waals surface area contributed by atoms with Gasteiger partial charge in [-0.3, -0.25) is 4.79 Å². The zero-order chi connectivity index (χ0) is 17.2. The number of aryl methyl sites for hydroxylation is 1. The average molecular weight is 332 g/mol. The molecule has 134 valence electrons. The summed E-state index contributed by atoms with van der Waals surface area (Å²) in [6.07, 6.45) is 5.28. The number of nitrogens with zero attached hydrogens (tertiary/aromatic N) is 2. The first kappa shape index (κ1) is 18.9. The second kappa shape index (κ2) is 10.5. The minimum atomic E-state index is 0.128. The van der Waals surface area contributed by atoms with Crippen LogP contribution in [0.25, 0.3) is 0 Å². The molecule has 2 rings (SSSR count). The van der Waals surface area contributed by atoms with E-state index in [4.69, 9.17) is 0 Å². The number of unbranched alkanes of at least 4 members (excludes halogenated alkanes) is 1. The Hall–Kier alpha value is -1.39. The van der Waals surface area contributed by atoms with Gasteiger partial charge in [0.25, 0.3) is 0 Å². The first-order valence-corrected chi connectivity index (χ1v) is 9.43. The lowest BCUT2D eigenvalue weighted by Gasteiger charge is -2.20. The second-order valence-corrected chi connectivity index (χ2v) is 6.95. The Balaban J connectivity index is 1.65. The Bertz CT molecular complexity index is 486. The fraction of sp³-hybridized carbons (Fsp3) is 0.650. The molecule has 4 nitrogen and oxygen atoms in total. The topological polar surface area (TPSA) is 35.6 Å². The molecule has 0 saturated carbocycles. The molecule has 0 unspecified atom stereocenters. The molecule has 0 spiro atoms. The van der Waals surface area contributed by atoms with Crippen molar-refractivity contribution in [3.8, 4) is 0 Å². The summed E-state index contributed by atoms with van der Waals surface area (Å²) in [5.41, 5.74) is 2.47. The molecule has 1 fully saturated rings. The van der Waals surface area contributed by atoms with Crippen LogP contribution in [0.4, 0.5) is 0 Å². The summed E-state index contributed by atoms with van der Waals surface area (Å²) < 4.78 is 0. The zero-order valence-corrected chi connectivity index (χ0v) is 15.4. The van der Waals surface area contributed by atoms with Crippen molar-refractivity contribution in [2.75, 3.05) is 46.3 Å². The minimum absolute atomic E-state index is 0.128. The van der Waals surface area contributed by atoms with E-state index in [1.165, 1.54) is 31.4 Å². The Morgan fingerprint density at radius 2 is 1.83 bits per heavy atom.